The van der Waals surface area contributed by atoms with Crippen LogP contribution in [-0.2, 0) is 9.59 Å². The first-order chi connectivity index (χ1) is 12.8. The van der Waals surface area contributed by atoms with E-state index in [4.69, 9.17) is 16.7 Å². The number of carbonyl (C=O) groups excluding carboxylic acids is 2. The third kappa shape index (κ3) is 3.90. The van der Waals surface area contributed by atoms with Gasteiger partial charge in [0.25, 0.3) is 5.91 Å². The number of rotatable bonds is 4. The predicted octanol–water partition coefficient (Wildman–Crippen LogP) is 2.36. The smallest absolute Gasteiger partial charge is 0.306 e. The molecular weight excluding hydrogens is 377 g/mol. The number of likely N-dealkylation sites (N-methyl/N-ethyl adjacent to an activating group) is 1. The largest absolute Gasteiger partial charge is 0.481 e. The van der Waals surface area contributed by atoms with E-state index in [1.807, 2.05) is 0 Å². The van der Waals surface area contributed by atoms with Crippen molar-refractivity contribution in [3.8, 4) is 0 Å². The minimum absolute atomic E-state index is 0.0946. The number of hydrogen-bond acceptors (Lipinski definition) is 3. The molecule has 1 aromatic carbocycles. The molecule has 27 heavy (non-hydrogen) atoms. The molecule has 0 bridgehead atoms. The van der Waals surface area contributed by atoms with Crippen LogP contribution in [0.25, 0.3) is 10.9 Å². The van der Waals surface area contributed by atoms with Gasteiger partial charge in [0.1, 0.15) is 11.5 Å². The van der Waals surface area contributed by atoms with E-state index in [0.717, 1.165) is 0 Å². The Kier molecular flexibility index (Phi) is 5.36. The zero-order chi connectivity index (χ0) is 19.7. The van der Waals surface area contributed by atoms with Gasteiger partial charge >= 0.3 is 5.97 Å². The number of likely N-dealkylation sites (tertiary alicyclic amines) is 1. The van der Waals surface area contributed by atoms with E-state index >= 15 is 0 Å². The highest BCUT2D eigenvalue weighted by molar-refractivity contribution is 6.38. The summed E-state index contributed by atoms with van der Waals surface area (Å²) in [5.74, 6) is -2.48. The van der Waals surface area contributed by atoms with Gasteiger partial charge in [-0.1, -0.05) is 11.6 Å². The van der Waals surface area contributed by atoms with E-state index in [1.54, 1.807) is 4.90 Å². The van der Waals surface area contributed by atoms with Gasteiger partial charge in [0.05, 0.1) is 17.5 Å². The summed E-state index contributed by atoms with van der Waals surface area (Å²) in [5.41, 5.74) is 0.623. The number of carboxylic acids is 1. The van der Waals surface area contributed by atoms with Gasteiger partial charge in [-0.3, -0.25) is 14.4 Å². The van der Waals surface area contributed by atoms with E-state index in [-0.39, 0.29) is 23.2 Å². The lowest BCUT2D eigenvalue weighted by Crippen LogP contribution is -2.45. The molecule has 0 saturated carbocycles. The summed E-state index contributed by atoms with van der Waals surface area (Å²) in [7, 11) is 1.48. The number of piperidine rings is 1. The van der Waals surface area contributed by atoms with Crippen molar-refractivity contribution >= 4 is 40.3 Å². The third-order valence-electron chi connectivity index (χ3n) is 4.83. The Hall–Kier alpha value is -2.61. The molecule has 1 fully saturated rings. The zero-order valence-corrected chi connectivity index (χ0v) is 15.4. The predicted molar refractivity (Wildman–Crippen MR) is 97.2 cm³/mol. The highest BCUT2D eigenvalue weighted by atomic mass is 35.5. The molecule has 2 aromatic rings. The van der Waals surface area contributed by atoms with Gasteiger partial charge in [0.2, 0.25) is 5.91 Å². The number of fused-ring (bicyclic) bond motifs is 1. The maximum absolute atomic E-state index is 13.4. The second-order valence-electron chi connectivity index (χ2n) is 6.66. The third-order valence-corrected chi connectivity index (χ3v) is 5.22. The van der Waals surface area contributed by atoms with Crippen molar-refractivity contribution in [2.75, 3.05) is 26.7 Å². The first-order valence-electron chi connectivity index (χ1n) is 8.50. The van der Waals surface area contributed by atoms with E-state index in [1.165, 1.54) is 30.1 Å². The fourth-order valence-corrected chi connectivity index (χ4v) is 3.50. The standard InChI is InChI=1S/C18H19ClFN3O4/c1-22(9-14(24)23-6-4-10(5-7-23)18(26)27)17(25)16-15(19)12-8-11(20)2-3-13(12)21-16/h2-3,8,10,21H,4-7,9H2,1H3,(H,26,27). The number of nitrogens with one attached hydrogen (secondary N) is 1. The minimum Gasteiger partial charge on any atom is -0.481 e. The van der Waals surface area contributed by atoms with Crippen LogP contribution in [0.15, 0.2) is 18.2 Å². The number of amides is 2. The molecule has 2 heterocycles. The molecule has 0 unspecified atom stereocenters. The molecule has 1 aliphatic rings. The molecule has 2 amide bonds. The number of nitrogens with zero attached hydrogens (tertiary/aromatic N) is 2. The van der Waals surface area contributed by atoms with Crippen molar-refractivity contribution in [1.29, 1.82) is 0 Å². The number of carbonyl (C=O) groups is 3. The topological polar surface area (TPSA) is 93.7 Å². The Bertz CT molecular complexity index is 905. The number of aromatic nitrogens is 1. The maximum Gasteiger partial charge on any atom is 0.306 e. The Balaban J connectivity index is 1.67. The summed E-state index contributed by atoms with van der Waals surface area (Å²) in [4.78, 5) is 41.7. The molecule has 1 aromatic heterocycles. The molecule has 1 aliphatic heterocycles. The van der Waals surface area contributed by atoms with E-state index in [2.05, 4.69) is 4.98 Å². The number of aliphatic carboxylic acids is 1. The molecule has 1 saturated heterocycles. The molecule has 0 atom stereocenters. The lowest BCUT2D eigenvalue weighted by molar-refractivity contribution is -0.145. The first kappa shape index (κ1) is 19.2. The fourth-order valence-electron chi connectivity index (χ4n) is 3.22. The number of carboxylic acid groups (broad SMARTS) is 1. The normalized spacial score (nSPS) is 15.1. The summed E-state index contributed by atoms with van der Waals surface area (Å²) in [6, 6.07) is 3.99. The van der Waals surface area contributed by atoms with Crippen LogP contribution in [0.2, 0.25) is 5.02 Å². The zero-order valence-electron chi connectivity index (χ0n) is 14.7. The van der Waals surface area contributed by atoms with Crippen LogP contribution < -0.4 is 0 Å². The average Bonchev–Trinajstić information content (AvgIpc) is 2.97. The van der Waals surface area contributed by atoms with Gasteiger partial charge in [0.15, 0.2) is 0 Å². The van der Waals surface area contributed by atoms with Crippen molar-refractivity contribution in [2.24, 2.45) is 5.92 Å². The summed E-state index contributed by atoms with van der Waals surface area (Å²) in [6.45, 7) is 0.547. The van der Waals surface area contributed by atoms with E-state index in [9.17, 15) is 18.8 Å². The highest BCUT2D eigenvalue weighted by Crippen LogP contribution is 2.28. The molecule has 0 aliphatic carbocycles. The average molecular weight is 396 g/mol. The van der Waals surface area contributed by atoms with Crippen LogP contribution >= 0.6 is 11.6 Å². The van der Waals surface area contributed by atoms with Gasteiger partial charge in [-0.2, -0.15) is 0 Å². The molecule has 9 heteroatoms. The molecule has 7 nitrogen and oxygen atoms in total. The van der Waals surface area contributed by atoms with Gasteiger partial charge in [-0.05, 0) is 31.0 Å². The Labute approximate surface area is 159 Å². The lowest BCUT2D eigenvalue weighted by atomic mass is 9.97. The van der Waals surface area contributed by atoms with Crippen LogP contribution in [0, 0.1) is 11.7 Å². The second-order valence-corrected chi connectivity index (χ2v) is 7.04. The molecule has 3 rings (SSSR count). The number of aromatic amines is 1. The van der Waals surface area contributed by atoms with Crippen LogP contribution in [-0.4, -0.2) is 64.4 Å². The molecule has 0 spiro atoms. The monoisotopic (exact) mass is 395 g/mol. The summed E-state index contributed by atoms with van der Waals surface area (Å²) in [6.07, 6.45) is 0.802. The molecule has 0 radical (unpaired) electrons. The molecule has 2 N–H and O–H groups in total. The Morgan fingerprint density at radius 1 is 1.33 bits per heavy atom. The first-order valence-corrected chi connectivity index (χ1v) is 8.88. The number of benzene rings is 1. The SMILES string of the molecule is CN(CC(=O)N1CCC(C(=O)O)CC1)C(=O)c1[nH]c2ccc(F)cc2c1Cl. The van der Waals surface area contributed by atoms with Crippen LogP contribution in [0.4, 0.5) is 4.39 Å². The van der Waals surface area contributed by atoms with Gasteiger partial charge in [0, 0.05) is 31.0 Å². The van der Waals surface area contributed by atoms with E-state index < -0.39 is 23.6 Å². The minimum atomic E-state index is -0.848. The number of H-pyrrole nitrogens is 1. The van der Waals surface area contributed by atoms with Gasteiger partial charge in [-0.15, -0.1) is 0 Å². The Morgan fingerprint density at radius 3 is 2.63 bits per heavy atom. The molecular formula is C18H19ClFN3O4. The summed E-state index contributed by atoms with van der Waals surface area (Å²) >= 11 is 6.20. The van der Waals surface area contributed by atoms with Crippen LogP contribution in [0.5, 0.6) is 0 Å². The van der Waals surface area contributed by atoms with Crippen molar-refractivity contribution in [3.63, 3.8) is 0 Å². The van der Waals surface area contributed by atoms with Crippen LogP contribution in [0.1, 0.15) is 23.3 Å². The van der Waals surface area contributed by atoms with Crippen molar-refractivity contribution in [2.45, 2.75) is 12.8 Å². The molecule has 144 valence electrons. The fraction of sp³-hybridized carbons (Fsp3) is 0.389. The summed E-state index contributed by atoms with van der Waals surface area (Å²) in [5, 5.41) is 9.52. The maximum atomic E-state index is 13.4. The second kappa shape index (κ2) is 7.56. The highest BCUT2D eigenvalue weighted by Gasteiger charge is 2.28. The van der Waals surface area contributed by atoms with Crippen molar-refractivity contribution < 1.29 is 23.9 Å². The van der Waals surface area contributed by atoms with E-state index in [0.29, 0.717) is 36.8 Å². The van der Waals surface area contributed by atoms with Gasteiger partial charge in [-0.25, -0.2) is 4.39 Å². The van der Waals surface area contributed by atoms with Gasteiger partial charge < -0.3 is 19.9 Å². The number of hydrogen-bond donors (Lipinski definition) is 2. The van der Waals surface area contributed by atoms with Crippen molar-refractivity contribution in [1.82, 2.24) is 14.8 Å². The Morgan fingerprint density at radius 2 is 2.00 bits per heavy atom. The summed E-state index contributed by atoms with van der Waals surface area (Å²) < 4.78 is 13.4. The number of halogens is 2. The van der Waals surface area contributed by atoms with Crippen molar-refractivity contribution in [3.05, 3.63) is 34.7 Å². The van der Waals surface area contributed by atoms with Crippen LogP contribution in [0.3, 0.4) is 0 Å². The quantitative estimate of drug-likeness (QED) is 0.831. The lowest BCUT2D eigenvalue weighted by Gasteiger charge is -2.31.